The maximum absolute atomic E-state index is 12.6. The maximum atomic E-state index is 12.6. The number of ether oxygens (including phenoxy) is 2. The minimum absolute atomic E-state index is 0. The van der Waals surface area contributed by atoms with Gasteiger partial charge in [0.05, 0.1) is 52.4 Å². The van der Waals surface area contributed by atoms with E-state index in [0.29, 0.717) is 41.9 Å². The average molecular weight is 1160 g/mol. The van der Waals surface area contributed by atoms with E-state index in [1.54, 1.807) is 29.3 Å². The summed E-state index contributed by atoms with van der Waals surface area (Å²) >= 11 is 0. The van der Waals surface area contributed by atoms with Crippen molar-refractivity contribution in [1.82, 2.24) is 41.1 Å². The summed E-state index contributed by atoms with van der Waals surface area (Å²) in [7, 11) is 1.00. The van der Waals surface area contributed by atoms with E-state index in [-0.39, 0.29) is 93.9 Å². The van der Waals surface area contributed by atoms with E-state index in [0.717, 1.165) is 108 Å². The summed E-state index contributed by atoms with van der Waals surface area (Å²) in [6.07, 6.45) is 4.26. The Kier molecular flexibility index (Phi) is 28.7. The molecule has 4 aromatic heterocycles. The number of primary amides is 1. The molecular weight excluding hydrogens is 1090 g/mol. The van der Waals surface area contributed by atoms with Crippen LogP contribution >= 0.6 is 0 Å². The number of fused-ring (bicyclic) bond motifs is 4. The van der Waals surface area contributed by atoms with Crippen LogP contribution in [0.15, 0.2) is 150 Å². The standard InChI is InChI=1S/C23H23N3O2.C21H22N2O2.C9H8N2O.C8H10N4O.CH4O.2Na.2H2O/c1-14(2)13-28-22-7-5-4-6-18(22)21-11-17(12-23(27)24-21)16-8-9-20-19(10-16)15(3)25-26-20;1-14(2)13-25-21-7-5-4-6-17(21)20(24)11-9-16-8-10-19-18(12-16)15(3)22-23-19;1-6-8-4-7(5-12)2-3-9(8)11-10-6;9-8(13)5-12-7-4-2-1-3-6(7)10-11-12;1-2;;;;/h4-12,14H,13H2,1-3H3,(H,24,27)(H,25,26);4-12,14H,13H2,1-3H3,(H,22,23);2-5H,1H3,(H,10,11);1-4,10-11H,5H2,(H2,9,13);2H,1H3;;;2*1H2/q;;;;;2*+1;;/p-2/b;11-9+;;;;;;;. The number of hydrazine groups is 2. The van der Waals surface area contributed by atoms with Crippen molar-refractivity contribution in [1.29, 1.82) is 0 Å². The van der Waals surface area contributed by atoms with Gasteiger partial charge in [0.1, 0.15) is 24.3 Å². The first-order valence-electron chi connectivity index (χ1n) is 26.0. The first kappa shape index (κ1) is 70.5. The van der Waals surface area contributed by atoms with E-state index >= 15 is 0 Å². The van der Waals surface area contributed by atoms with Gasteiger partial charge < -0.3 is 41.7 Å². The zero-order valence-electron chi connectivity index (χ0n) is 48.9. The molecule has 0 bridgehead atoms. The van der Waals surface area contributed by atoms with Gasteiger partial charge in [-0.25, -0.2) is 0 Å². The van der Waals surface area contributed by atoms with Gasteiger partial charge in [-0.05, 0) is 140 Å². The number of para-hydroxylation sites is 4. The number of carbonyl (C=O) groups excluding carboxylic acids is 3. The molecule has 20 nitrogen and oxygen atoms in total. The van der Waals surface area contributed by atoms with Crippen LogP contribution in [0.4, 0.5) is 11.4 Å². The second kappa shape index (κ2) is 34.1. The number of nitrogens with one attached hydrogen (secondary N) is 6. The third kappa shape index (κ3) is 18.9. The minimum Gasteiger partial charge on any atom is -0.870 e. The number of aryl methyl sites for hydroxylation is 3. The van der Waals surface area contributed by atoms with Crippen molar-refractivity contribution in [3.05, 3.63) is 190 Å². The summed E-state index contributed by atoms with van der Waals surface area (Å²) in [5, 5.41) is 33.2. The van der Waals surface area contributed by atoms with Crippen molar-refractivity contribution in [2.24, 2.45) is 17.6 Å². The molecule has 0 spiro atoms. The zero-order valence-corrected chi connectivity index (χ0v) is 52.9. The number of hydrogen-bond acceptors (Lipinski definition) is 15. The summed E-state index contributed by atoms with van der Waals surface area (Å²) in [5.41, 5.74) is 24.0. The molecule has 1 aliphatic heterocycles. The first-order chi connectivity index (χ1) is 38.6. The number of aliphatic hydroxyl groups excluding tert-OH is 1. The average Bonchev–Trinajstić information content (AvgIpc) is 4.30. The van der Waals surface area contributed by atoms with Crippen LogP contribution in [-0.2, 0) is 4.79 Å². The Morgan fingerprint density at radius 1 is 0.631 bits per heavy atom. The third-order valence-corrected chi connectivity index (χ3v) is 12.3. The summed E-state index contributed by atoms with van der Waals surface area (Å²) in [4.78, 5) is 49.1. The van der Waals surface area contributed by atoms with Crippen LogP contribution in [0.3, 0.4) is 0 Å². The molecule has 0 radical (unpaired) electrons. The van der Waals surface area contributed by atoms with Gasteiger partial charge in [-0.15, -0.1) is 5.53 Å². The van der Waals surface area contributed by atoms with Crippen LogP contribution in [0.5, 0.6) is 11.5 Å². The number of aldehydes is 1. The van der Waals surface area contributed by atoms with Crippen LogP contribution in [0, 0.1) is 32.6 Å². The van der Waals surface area contributed by atoms with Gasteiger partial charge in [0.15, 0.2) is 5.78 Å². The van der Waals surface area contributed by atoms with E-state index in [4.69, 9.17) is 20.3 Å². The molecule has 0 saturated carbocycles. The molecule has 0 saturated heterocycles. The van der Waals surface area contributed by atoms with Gasteiger partial charge in [-0.1, -0.05) is 82.3 Å². The number of aliphatic hydroxyl groups is 1. The number of pyridine rings is 1. The summed E-state index contributed by atoms with van der Waals surface area (Å²) in [5.74, 6) is 1.79. The monoisotopic (exact) mass is 1160 g/mol. The Morgan fingerprint density at radius 3 is 1.74 bits per heavy atom. The Bertz CT molecular complexity index is 3840. The quantitative estimate of drug-likeness (QED) is 0.0322. The topological polar surface area (TPSA) is 322 Å². The molecule has 0 fully saturated rings. The van der Waals surface area contributed by atoms with E-state index in [1.807, 2.05) is 142 Å². The van der Waals surface area contributed by atoms with Crippen molar-refractivity contribution >= 4 is 68.1 Å². The van der Waals surface area contributed by atoms with Crippen LogP contribution in [0.25, 0.3) is 61.2 Å². The first-order valence-corrected chi connectivity index (χ1v) is 26.0. The molecule has 10 aromatic rings. The van der Waals surface area contributed by atoms with E-state index in [2.05, 4.69) is 80.3 Å². The second-order valence-electron chi connectivity index (χ2n) is 19.5. The number of amides is 1. The van der Waals surface area contributed by atoms with Gasteiger partial charge >= 0.3 is 59.1 Å². The van der Waals surface area contributed by atoms with Gasteiger partial charge in [-0.2, -0.15) is 15.3 Å². The van der Waals surface area contributed by atoms with Crippen molar-refractivity contribution in [2.45, 2.75) is 48.5 Å². The number of ketones is 1. The summed E-state index contributed by atoms with van der Waals surface area (Å²) < 4.78 is 11.7. The number of rotatable bonds is 14. The molecule has 5 heterocycles. The number of aromatic amines is 4. The normalized spacial score (nSPS) is 10.9. The molecule has 6 aromatic carbocycles. The van der Waals surface area contributed by atoms with Gasteiger partial charge in [0.2, 0.25) is 11.5 Å². The Morgan fingerprint density at radius 2 is 1.14 bits per heavy atom. The fraction of sp³-hybridized carbons (Fsp3) is 0.210. The van der Waals surface area contributed by atoms with Gasteiger partial charge in [0, 0.05) is 57.5 Å². The number of allylic oxidation sites excluding steroid dienone is 1. The van der Waals surface area contributed by atoms with Gasteiger partial charge in [-0.3, -0.25) is 39.5 Å². The minimum atomic E-state index is -0.369. The number of aromatic nitrogens is 7. The Labute approximate surface area is 531 Å². The van der Waals surface area contributed by atoms with Crippen molar-refractivity contribution in [2.75, 3.05) is 37.3 Å². The van der Waals surface area contributed by atoms with Crippen molar-refractivity contribution < 1.29 is 99.0 Å². The predicted octanol–water partition coefficient (Wildman–Crippen LogP) is 4.50. The summed E-state index contributed by atoms with van der Waals surface area (Å²) in [6.45, 7) is 15.7. The molecule has 11 N–H and O–H groups in total. The number of hydrogen-bond donors (Lipinski definition) is 8. The van der Waals surface area contributed by atoms with E-state index < -0.39 is 0 Å². The maximum Gasteiger partial charge on any atom is 1.00 e. The molecule has 0 aliphatic carbocycles. The molecule has 1 amide bonds. The molecular formula is C62H69N11Na2O9. The van der Waals surface area contributed by atoms with Crippen molar-refractivity contribution in [3.63, 3.8) is 0 Å². The molecule has 84 heavy (non-hydrogen) atoms. The molecule has 0 atom stereocenters. The van der Waals surface area contributed by atoms with Crippen molar-refractivity contribution in [3.8, 4) is 33.9 Å². The number of anilines is 2. The molecule has 22 heteroatoms. The second-order valence-corrected chi connectivity index (χ2v) is 19.5. The summed E-state index contributed by atoms with van der Waals surface area (Å²) in [6, 6.07) is 43.8. The Balaban J connectivity index is 0.000000301. The van der Waals surface area contributed by atoms with Crippen LogP contribution in [-0.4, -0.2) is 96.5 Å². The Hall–Kier alpha value is -7.73. The van der Waals surface area contributed by atoms with Gasteiger partial charge in [0.25, 0.3) is 0 Å². The van der Waals surface area contributed by atoms with Crippen LogP contribution in [0.1, 0.15) is 71.1 Å². The molecule has 428 valence electrons. The third-order valence-electron chi connectivity index (χ3n) is 12.3. The molecule has 0 unspecified atom stereocenters. The molecule has 1 aliphatic rings. The largest absolute Gasteiger partial charge is 1.00 e. The number of H-pyrrole nitrogens is 4. The van der Waals surface area contributed by atoms with Crippen LogP contribution in [0.2, 0.25) is 0 Å². The fourth-order valence-electron chi connectivity index (χ4n) is 8.33. The predicted molar refractivity (Wildman–Crippen MR) is 322 cm³/mol. The fourth-order valence-corrected chi connectivity index (χ4v) is 8.33. The van der Waals surface area contributed by atoms with E-state index in [1.165, 1.54) is 0 Å². The number of benzene rings is 6. The number of carbonyl (C=O) groups is 3. The number of nitrogens with two attached hydrogens (primary N) is 1. The smallest absolute Gasteiger partial charge is 0.870 e. The molecule has 11 rings (SSSR count). The van der Waals surface area contributed by atoms with Crippen LogP contribution < -0.4 is 95.9 Å². The number of nitrogens with zero attached hydrogens (tertiary/aromatic N) is 4. The zero-order chi connectivity index (χ0) is 57.3. The SMILES string of the molecule is CO.Cc1[nH]nc2ccc(-c3cc(-c4ccccc4OCC(C)C)[nH]c(=O)c3)cc12.Cc1[nH]nc2ccc(/C=C/C(=O)c3ccccc3OCC(C)C)cc12.Cc1[nH]nc2ccc(C=O)cc12.NC(=O)CN1NNc2ccccc21.[Na+].[Na+].[OH-].[OH-]. The van der Waals surface area contributed by atoms with E-state index in [9.17, 15) is 19.2 Å².